The first kappa shape index (κ1) is 14.4. The van der Waals surface area contributed by atoms with Gasteiger partial charge in [0, 0.05) is 38.4 Å². The number of nitrogens with zero attached hydrogens (tertiary/aromatic N) is 2. The van der Waals surface area contributed by atoms with Gasteiger partial charge >= 0.3 is 0 Å². The van der Waals surface area contributed by atoms with Crippen LogP contribution in [0, 0.1) is 5.92 Å². The normalized spacial score (nSPS) is 26.2. The van der Waals surface area contributed by atoms with Crippen molar-refractivity contribution in [2.45, 2.75) is 32.4 Å². The average Bonchev–Trinajstić information content (AvgIpc) is 2.41. The van der Waals surface area contributed by atoms with Crippen LogP contribution in [0.5, 0.6) is 0 Å². The Morgan fingerprint density at radius 1 is 1.26 bits per heavy atom. The van der Waals surface area contributed by atoms with Crippen LogP contribution in [0.4, 0.5) is 5.69 Å². The maximum atomic E-state index is 6.20. The smallest absolute Gasteiger partial charge is 0.0361 e. The molecule has 0 aliphatic carbocycles. The van der Waals surface area contributed by atoms with Crippen molar-refractivity contribution in [3.63, 3.8) is 0 Å². The molecule has 0 radical (unpaired) electrons. The van der Waals surface area contributed by atoms with E-state index in [2.05, 4.69) is 62.0 Å². The van der Waals surface area contributed by atoms with Crippen molar-refractivity contribution in [3.8, 4) is 0 Å². The van der Waals surface area contributed by atoms with Gasteiger partial charge in [-0.2, -0.15) is 0 Å². The van der Waals surface area contributed by atoms with Crippen molar-refractivity contribution in [1.29, 1.82) is 0 Å². The second kappa shape index (κ2) is 5.93. The minimum atomic E-state index is 0.317. The number of rotatable bonds is 3. The van der Waals surface area contributed by atoms with Crippen LogP contribution in [0.15, 0.2) is 24.3 Å². The lowest BCUT2D eigenvalue weighted by Gasteiger charge is -2.39. The second-order valence-electron chi connectivity index (χ2n) is 6.09. The monoisotopic (exact) mass is 261 g/mol. The topological polar surface area (TPSA) is 32.5 Å². The molecule has 2 N–H and O–H groups in total. The lowest BCUT2D eigenvalue weighted by molar-refractivity contribution is 0.128. The van der Waals surface area contributed by atoms with Crippen LogP contribution in [0.1, 0.15) is 31.9 Å². The highest BCUT2D eigenvalue weighted by Gasteiger charge is 2.26. The van der Waals surface area contributed by atoms with Crippen molar-refractivity contribution in [2.75, 3.05) is 32.1 Å². The van der Waals surface area contributed by atoms with E-state index in [-0.39, 0.29) is 0 Å². The molecular formula is C16H27N3. The molecular weight excluding hydrogens is 234 g/mol. The average molecular weight is 261 g/mol. The zero-order valence-electron chi connectivity index (χ0n) is 12.6. The van der Waals surface area contributed by atoms with Crippen molar-refractivity contribution < 1.29 is 0 Å². The number of anilines is 1. The van der Waals surface area contributed by atoms with Crippen LogP contribution in [-0.2, 0) is 0 Å². The fourth-order valence-corrected chi connectivity index (χ4v) is 2.74. The molecule has 1 heterocycles. The third-order valence-electron chi connectivity index (χ3n) is 4.49. The number of benzene rings is 1. The molecule has 3 nitrogen and oxygen atoms in total. The first-order chi connectivity index (χ1) is 8.99. The number of nitrogens with two attached hydrogens (primary N) is 1. The summed E-state index contributed by atoms with van der Waals surface area (Å²) in [6.07, 6.45) is 1.21. The summed E-state index contributed by atoms with van der Waals surface area (Å²) in [7, 11) is 4.15. The Morgan fingerprint density at radius 2 is 1.89 bits per heavy atom. The van der Waals surface area contributed by atoms with Gasteiger partial charge < -0.3 is 10.6 Å². The number of piperidine rings is 1. The Bertz CT molecular complexity index is 399. The molecule has 0 spiro atoms. The fourth-order valence-electron chi connectivity index (χ4n) is 2.74. The summed E-state index contributed by atoms with van der Waals surface area (Å²) in [5.74, 6) is 0.652. The molecule has 1 fully saturated rings. The largest absolute Gasteiger partial charge is 0.378 e. The molecule has 0 bridgehead atoms. The van der Waals surface area contributed by atoms with E-state index in [0.717, 1.165) is 13.1 Å². The molecule has 3 unspecified atom stereocenters. The predicted octanol–water partition coefficient (Wildman–Crippen LogP) is 2.48. The van der Waals surface area contributed by atoms with Crippen molar-refractivity contribution >= 4 is 5.69 Å². The third-order valence-corrected chi connectivity index (χ3v) is 4.49. The van der Waals surface area contributed by atoms with Gasteiger partial charge in [-0.25, -0.2) is 0 Å². The highest BCUT2D eigenvalue weighted by molar-refractivity contribution is 5.46. The van der Waals surface area contributed by atoms with Gasteiger partial charge in [-0.15, -0.1) is 0 Å². The molecule has 3 heteroatoms. The maximum Gasteiger partial charge on any atom is 0.0361 e. The lowest BCUT2D eigenvalue weighted by atomic mass is 9.92. The molecule has 2 rings (SSSR count). The molecule has 1 aliphatic rings. The summed E-state index contributed by atoms with van der Waals surface area (Å²) < 4.78 is 0. The molecule has 0 saturated carbocycles. The van der Waals surface area contributed by atoms with Gasteiger partial charge in [-0.1, -0.05) is 19.1 Å². The standard InChI is InChI=1S/C16H27N3/c1-12-9-10-19(11-16(12)17)13(2)14-5-7-15(8-6-14)18(3)4/h5-8,12-13,16H,9-11,17H2,1-4H3. The lowest BCUT2D eigenvalue weighted by Crippen LogP contribution is -2.48. The van der Waals surface area contributed by atoms with E-state index in [1.807, 2.05) is 0 Å². The molecule has 1 aromatic carbocycles. The number of hydrogen-bond acceptors (Lipinski definition) is 3. The number of likely N-dealkylation sites (tertiary alicyclic amines) is 1. The molecule has 1 saturated heterocycles. The zero-order valence-corrected chi connectivity index (χ0v) is 12.6. The van der Waals surface area contributed by atoms with Crippen LogP contribution in [0.2, 0.25) is 0 Å². The van der Waals surface area contributed by atoms with E-state index < -0.39 is 0 Å². The van der Waals surface area contributed by atoms with E-state index in [1.165, 1.54) is 17.7 Å². The predicted molar refractivity (Wildman–Crippen MR) is 82.5 cm³/mol. The molecule has 1 aromatic rings. The van der Waals surface area contributed by atoms with Crippen molar-refractivity contribution in [1.82, 2.24) is 4.90 Å². The van der Waals surface area contributed by atoms with Gasteiger partial charge in [0.2, 0.25) is 0 Å². The molecule has 3 atom stereocenters. The van der Waals surface area contributed by atoms with E-state index in [9.17, 15) is 0 Å². The van der Waals surface area contributed by atoms with Crippen LogP contribution in [0.25, 0.3) is 0 Å². The fraction of sp³-hybridized carbons (Fsp3) is 0.625. The van der Waals surface area contributed by atoms with E-state index in [0.29, 0.717) is 18.0 Å². The molecule has 19 heavy (non-hydrogen) atoms. The summed E-state index contributed by atoms with van der Waals surface area (Å²) in [6, 6.07) is 9.64. The molecule has 1 aliphatic heterocycles. The highest BCUT2D eigenvalue weighted by Crippen LogP contribution is 2.27. The summed E-state index contributed by atoms with van der Waals surface area (Å²) in [4.78, 5) is 4.64. The second-order valence-corrected chi connectivity index (χ2v) is 6.09. The van der Waals surface area contributed by atoms with Gasteiger partial charge in [0.25, 0.3) is 0 Å². The zero-order chi connectivity index (χ0) is 14.0. The quantitative estimate of drug-likeness (QED) is 0.907. The van der Waals surface area contributed by atoms with Crippen LogP contribution >= 0.6 is 0 Å². The summed E-state index contributed by atoms with van der Waals surface area (Å²) in [6.45, 7) is 6.72. The molecule has 0 aromatic heterocycles. The third kappa shape index (κ3) is 3.28. The minimum Gasteiger partial charge on any atom is -0.378 e. The molecule has 0 amide bonds. The first-order valence-corrected chi connectivity index (χ1v) is 7.26. The van der Waals surface area contributed by atoms with Crippen LogP contribution in [-0.4, -0.2) is 38.1 Å². The first-order valence-electron chi connectivity index (χ1n) is 7.26. The Balaban J connectivity index is 2.05. The summed E-state index contributed by atoms with van der Waals surface area (Å²) in [5, 5.41) is 0. The Morgan fingerprint density at radius 3 is 2.42 bits per heavy atom. The highest BCUT2D eigenvalue weighted by atomic mass is 15.2. The van der Waals surface area contributed by atoms with Gasteiger partial charge in [0.05, 0.1) is 0 Å². The van der Waals surface area contributed by atoms with Crippen LogP contribution < -0.4 is 10.6 Å². The van der Waals surface area contributed by atoms with Crippen LogP contribution in [0.3, 0.4) is 0 Å². The van der Waals surface area contributed by atoms with Gasteiger partial charge in [0.1, 0.15) is 0 Å². The Labute approximate surface area is 117 Å². The molecule has 106 valence electrons. The summed E-state index contributed by atoms with van der Waals surface area (Å²) >= 11 is 0. The van der Waals surface area contributed by atoms with E-state index in [1.54, 1.807) is 0 Å². The number of hydrogen-bond donors (Lipinski definition) is 1. The maximum absolute atomic E-state index is 6.20. The van der Waals surface area contributed by atoms with E-state index >= 15 is 0 Å². The minimum absolute atomic E-state index is 0.317. The SMILES string of the molecule is CC1CCN(C(C)c2ccc(N(C)C)cc2)CC1N. The van der Waals surface area contributed by atoms with Crippen molar-refractivity contribution in [3.05, 3.63) is 29.8 Å². The Hall–Kier alpha value is -1.06. The Kier molecular flexibility index (Phi) is 4.48. The van der Waals surface area contributed by atoms with E-state index in [4.69, 9.17) is 5.73 Å². The van der Waals surface area contributed by atoms with Gasteiger partial charge in [-0.3, -0.25) is 4.90 Å². The van der Waals surface area contributed by atoms with Gasteiger partial charge in [0.15, 0.2) is 0 Å². The van der Waals surface area contributed by atoms with Gasteiger partial charge in [-0.05, 0) is 43.5 Å². The van der Waals surface area contributed by atoms with Crippen molar-refractivity contribution in [2.24, 2.45) is 11.7 Å². The summed E-state index contributed by atoms with van der Waals surface area (Å²) in [5.41, 5.74) is 8.83.